The number of aromatic nitrogens is 4. The zero-order valence-corrected chi connectivity index (χ0v) is 14.6. The first-order valence-electron chi connectivity index (χ1n) is 8.12. The molecule has 0 aliphatic carbocycles. The fraction of sp³-hybridized carbons (Fsp3) is 0.105. The van der Waals surface area contributed by atoms with E-state index in [4.69, 9.17) is 17.3 Å². The second kappa shape index (κ2) is 6.65. The monoisotopic (exact) mass is 365 g/mol. The second-order valence-corrected chi connectivity index (χ2v) is 6.40. The summed E-state index contributed by atoms with van der Waals surface area (Å²) in [5.41, 5.74) is 8.16. The summed E-state index contributed by atoms with van der Waals surface area (Å²) in [4.78, 5) is 17.3. The zero-order chi connectivity index (χ0) is 18.1. The Morgan fingerprint density at radius 2 is 1.73 bits per heavy atom. The molecule has 130 valence electrons. The molecule has 0 saturated heterocycles. The number of fused-ring (bicyclic) bond motifs is 1. The van der Waals surface area contributed by atoms with Crippen LogP contribution in [0.5, 0.6) is 0 Å². The van der Waals surface area contributed by atoms with Crippen molar-refractivity contribution < 1.29 is 0 Å². The van der Waals surface area contributed by atoms with Gasteiger partial charge in [-0.1, -0.05) is 60.1 Å². The summed E-state index contributed by atoms with van der Waals surface area (Å²) in [6, 6.07) is 17.2. The maximum absolute atomic E-state index is 12.9. The van der Waals surface area contributed by atoms with Crippen molar-refractivity contribution in [1.29, 1.82) is 0 Å². The summed E-state index contributed by atoms with van der Waals surface area (Å²) in [5, 5.41) is 5.24. The topological polar surface area (TPSA) is 78.7 Å². The Hall–Kier alpha value is -3.12. The molecule has 4 rings (SSSR count). The van der Waals surface area contributed by atoms with Gasteiger partial charge in [-0.15, -0.1) is 0 Å². The van der Waals surface area contributed by atoms with Crippen molar-refractivity contribution >= 4 is 28.5 Å². The molecule has 2 heterocycles. The minimum absolute atomic E-state index is 0.182. The van der Waals surface area contributed by atoms with E-state index in [0.717, 1.165) is 11.1 Å². The molecule has 2 aromatic heterocycles. The van der Waals surface area contributed by atoms with Crippen molar-refractivity contribution in [3.05, 3.63) is 87.4 Å². The quantitative estimate of drug-likeness (QED) is 0.603. The van der Waals surface area contributed by atoms with Crippen LogP contribution in [0.3, 0.4) is 0 Å². The van der Waals surface area contributed by atoms with E-state index in [0.29, 0.717) is 29.1 Å². The van der Waals surface area contributed by atoms with Crippen molar-refractivity contribution in [3.63, 3.8) is 0 Å². The van der Waals surface area contributed by atoms with Crippen LogP contribution in [-0.2, 0) is 13.1 Å². The molecule has 0 aliphatic rings. The molecule has 0 spiro atoms. The lowest BCUT2D eigenvalue weighted by Crippen LogP contribution is -2.22. The van der Waals surface area contributed by atoms with Crippen LogP contribution >= 0.6 is 11.6 Å². The van der Waals surface area contributed by atoms with Gasteiger partial charge in [0.1, 0.15) is 11.7 Å². The average molecular weight is 366 g/mol. The lowest BCUT2D eigenvalue weighted by molar-refractivity contribution is 0.698. The molecule has 0 bridgehead atoms. The minimum atomic E-state index is -0.230. The fourth-order valence-electron chi connectivity index (χ4n) is 2.92. The number of nitrogen functional groups attached to an aromatic ring is 1. The van der Waals surface area contributed by atoms with Crippen molar-refractivity contribution in [2.24, 2.45) is 0 Å². The van der Waals surface area contributed by atoms with Crippen LogP contribution in [0.1, 0.15) is 11.1 Å². The van der Waals surface area contributed by atoms with Gasteiger partial charge in [-0.3, -0.25) is 9.36 Å². The Balaban J connectivity index is 1.76. The third-order valence-corrected chi connectivity index (χ3v) is 4.59. The highest BCUT2D eigenvalue weighted by Crippen LogP contribution is 2.18. The van der Waals surface area contributed by atoms with Gasteiger partial charge in [-0.2, -0.15) is 5.10 Å². The molecule has 0 atom stereocenters. The minimum Gasteiger partial charge on any atom is -0.381 e. The third kappa shape index (κ3) is 2.95. The molecule has 6 nitrogen and oxygen atoms in total. The highest BCUT2D eigenvalue weighted by molar-refractivity contribution is 6.31. The molecule has 0 fully saturated rings. The number of nitrogens with zero attached hydrogens (tertiary/aromatic N) is 4. The van der Waals surface area contributed by atoms with Crippen LogP contribution in [0.15, 0.2) is 65.7 Å². The first-order valence-corrected chi connectivity index (χ1v) is 8.50. The average Bonchev–Trinajstić information content (AvgIpc) is 2.96. The van der Waals surface area contributed by atoms with Gasteiger partial charge in [0, 0.05) is 5.02 Å². The SMILES string of the molecule is Nc1nn(Cc2ccccc2)c2ncn(Cc3ccccc3Cl)c(=O)c12. The van der Waals surface area contributed by atoms with Crippen LogP contribution in [0.25, 0.3) is 11.0 Å². The number of nitrogens with two attached hydrogens (primary N) is 1. The number of anilines is 1. The molecule has 0 unspecified atom stereocenters. The molecule has 7 heteroatoms. The summed E-state index contributed by atoms with van der Waals surface area (Å²) >= 11 is 6.19. The number of hydrogen-bond acceptors (Lipinski definition) is 4. The van der Waals surface area contributed by atoms with Crippen LogP contribution in [0.4, 0.5) is 5.82 Å². The van der Waals surface area contributed by atoms with Crippen LogP contribution < -0.4 is 11.3 Å². The molecule has 0 radical (unpaired) electrons. The van der Waals surface area contributed by atoms with Crippen molar-refractivity contribution in [2.75, 3.05) is 5.73 Å². The van der Waals surface area contributed by atoms with E-state index in [1.165, 1.54) is 10.9 Å². The van der Waals surface area contributed by atoms with E-state index >= 15 is 0 Å². The van der Waals surface area contributed by atoms with Gasteiger partial charge in [0.25, 0.3) is 5.56 Å². The predicted octanol–water partition coefficient (Wildman–Crippen LogP) is 2.93. The van der Waals surface area contributed by atoms with Gasteiger partial charge < -0.3 is 5.73 Å². The highest BCUT2D eigenvalue weighted by Gasteiger charge is 2.15. The summed E-state index contributed by atoms with van der Waals surface area (Å²) in [6.45, 7) is 0.820. The number of benzene rings is 2. The van der Waals surface area contributed by atoms with E-state index in [9.17, 15) is 4.79 Å². The molecule has 2 N–H and O–H groups in total. The van der Waals surface area contributed by atoms with Gasteiger partial charge in [0.2, 0.25) is 0 Å². The summed E-state index contributed by atoms with van der Waals surface area (Å²) in [7, 11) is 0. The van der Waals surface area contributed by atoms with Gasteiger partial charge in [-0.05, 0) is 17.2 Å². The summed E-state index contributed by atoms with van der Waals surface area (Å²) < 4.78 is 3.15. The van der Waals surface area contributed by atoms with Gasteiger partial charge in [-0.25, -0.2) is 9.67 Å². The molecular weight excluding hydrogens is 350 g/mol. The maximum atomic E-state index is 12.9. The van der Waals surface area contributed by atoms with Crippen molar-refractivity contribution in [3.8, 4) is 0 Å². The Labute approximate surface area is 154 Å². The smallest absolute Gasteiger partial charge is 0.266 e. The highest BCUT2D eigenvalue weighted by atomic mass is 35.5. The molecule has 0 saturated carbocycles. The van der Waals surface area contributed by atoms with Crippen LogP contribution in [0, 0.1) is 0 Å². The molecular formula is C19H16ClN5O. The van der Waals surface area contributed by atoms with Gasteiger partial charge in [0.05, 0.1) is 13.1 Å². The van der Waals surface area contributed by atoms with Crippen LogP contribution in [0.2, 0.25) is 5.02 Å². The van der Waals surface area contributed by atoms with Crippen molar-refractivity contribution in [2.45, 2.75) is 13.1 Å². The zero-order valence-electron chi connectivity index (χ0n) is 13.8. The largest absolute Gasteiger partial charge is 0.381 e. The van der Waals surface area contributed by atoms with Crippen LogP contribution in [-0.4, -0.2) is 19.3 Å². The fourth-order valence-corrected chi connectivity index (χ4v) is 3.11. The Morgan fingerprint density at radius 3 is 2.50 bits per heavy atom. The number of hydrogen-bond donors (Lipinski definition) is 1. The van der Waals surface area contributed by atoms with E-state index in [-0.39, 0.29) is 11.4 Å². The summed E-state index contributed by atoms with van der Waals surface area (Å²) in [5.74, 6) is 0.182. The Kier molecular flexibility index (Phi) is 4.18. The first kappa shape index (κ1) is 16.4. The van der Waals surface area contributed by atoms with Gasteiger partial charge >= 0.3 is 0 Å². The number of halogens is 1. The Morgan fingerprint density at radius 1 is 1.00 bits per heavy atom. The normalized spacial score (nSPS) is 11.1. The molecule has 2 aromatic carbocycles. The third-order valence-electron chi connectivity index (χ3n) is 4.22. The first-order chi connectivity index (χ1) is 12.6. The van der Waals surface area contributed by atoms with E-state index in [2.05, 4.69) is 10.1 Å². The Bertz CT molecular complexity index is 1130. The van der Waals surface area contributed by atoms with E-state index in [1.54, 1.807) is 10.7 Å². The molecule has 0 amide bonds. The predicted molar refractivity (Wildman–Crippen MR) is 102 cm³/mol. The lowest BCUT2D eigenvalue weighted by Gasteiger charge is -2.08. The van der Waals surface area contributed by atoms with Gasteiger partial charge in [0.15, 0.2) is 11.5 Å². The van der Waals surface area contributed by atoms with E-state index < -0.39 is 0 Å². The second-order valence-electron chi connectivity index (χ2n) is 6.00. The molecule has 0 aliphatic heterocycles. The summed E-state index contributed by atoms with van der Waals surface area (Å²) in [6.07, 6.45) is 1.51. The molecule has 4 aromatic rings. The van der Waals surface area contributed by atoms with Crippen molar-refractivity contribution in [1.82, 2.24) is 19.3 Å². The standard InChI is InChI=1S/C19H16ClN5O/c20-15-9-5-4-8-14(15)11-24-12-22-18-16(19(24)26)17(21)23-25(18)10-13-6-2-1-3-7-13/h1-9,12H,10-11H2,(H2,21,23). The van der Waals surface area contributed by atoms with E-state index in [1.807, 2.05) is 48.5 Å². The maximum Gasteiger partial charge on any atom is 0.266 e. The molecule has 26 heavy (non-hydrogen) atoms. The lowest BCUT2D eigenvalue weighted by atomic mass is 10.2. The number of rotatable bonds is 4.